The Hall–Kier alpha value is -2.08. The molecule has 4 aromatic carbocycles. The molecule has 1 fully saturated rings. The highest BCUT2D eigenvalue weighted by Gasteiger charge is 2.35. The first kappa shape index (κ1) is 25.6. The Morgan fingerprint density at radius 2 is 1.53 bits per heavy atom. The van der Waals surface area contributed by atoms with E-state index in [4.69, 9.17) is 16.3 Å². The average Bonchev–Trinajstić information content (AvgIpc) is 3.12. The first-order valence-electron chi connectivity index (χ1n) is 11.0. The lowest BCUT2D eigenvalue weighted by Gasteiger charge is -2.13. The zero-order valence-electron chi connectivity index (χ0n) is 18.7. The third-order valence-electron chi connectivity index (χ3n) is 5.64. The second kappa shape index (κ2) is 11.1. The first-order valence-corrected chi connectivity index (χ1v) is 14.3. The Morgan fingerprint density at radius 3 is 2.25 bits per heavy atom. The van der Waals surface area contributed by atoms with Gasteiger partial charge < -0.3 is 4.74 Å². The van der Waals surface area contributed by atoms with Gasteiger partial charge in [-0.25, -0.2) is 0 Å². The SMILES string of the molecule is O=C1S/C(=C\c2cc(I)c(OCc3ccc4ccccc4c3)c(I)c2)C(=O)N1Cc1ccc(Cl)cc1. The van der Waals surface area contributed by atoms with Crippen LogP contribution >= 0.6 is 68.5 Å². The van der Waals surface area contributed by atoms with E-state index in [9.17, 15) is 9.59 Å². The zero-order chi connectivity index (χ0) is 25.2. The van der Waals surface area contributed by atoms with Crippen LogP contribution < -0.4 is 4.74 Å². The minimum absolute atomic E-state index is 0.218. The summed E-state index contributed by atoms with van der Waals surface area (Å²) in [5.74, 6) is 0.513. The molecule has 2 amide bonds. The summed E-state index contributed by atoms with van der Waals surface area (Å²) < 4.78 is 8.05. The Labute approximate surface area is 245 Å². The fourth-order valence-electron chi connectivity index (χ4n) is 3.84. The highest BCUT2D eigenvalue weighted by atomic mass is 127. The van der Waals surface area contributed by atoms with Crippen molar-refractivity contribution < 1.29 is 14.3 Å². The number of thioether (sulfide) groups is 1. The van der Waals surface area contributed by atoms with Crippen LogP contribution in [0, 0.1) is 7.14 Å². The average molecular weight is 738 g/mol. The van der Waals surface area contributed by atoms with Gasteiger partial charge in [0.2, 0.25) is 0 Å². The number of hydrogen-bond acceptors (Lipinski definition) is 4. The molecule has 1 saturated heterocycles. The van der Waals surface area contributed by atoms with Gasteiger partial charge in [-0.3, -0.25) is 14.5 Å². The van der Waals surface area contributed by atoms with E-state index in [0.717, 1.165) is 41.3 Å². The van der Waals surface area contributed by atoms with E-state index >= 15 is 0 Å². The molecule has 4 aromatic rings. The Balaban J connectivity index is 1.31. The summed E-state index contributed by atoms with van der Waals surface area (Å²) in [6.07, 6.45) is 1.77. The Morgan fingerprint density at radius 1 is 0.861 bits per heavy atom. The van der Waals surface area contributed by atoms with E-state index in [2.05, 4.69) is 75.5 Å². The molecule has 180 valence electrons. The molecule has 0 aliphatic carbocycles. The Kier molecular flexibility index (Phi) is 7.90. The molecule has 0 saturated carbocycles. The number of carbonyl (C=O) groups is 2. The smallest absolute Gasteiger partial charge is 0.293 e. The molecule has 1 aliphatic heterocycles. The van der Waals surface area contributed by atoms with Crippen molar-refractivity contribution in [3.05, 3.63) is 113 Å². The molecule has 1 aliphatic rings. The van der Waals surface area contributed by atoms with Gasteiger partial charge in [-0.05, 0) is 121 Å². The number of halogens is 3. The maximum absolute atomic E-state index is 12.9. The van der Waals surface area contributed by atoms with Crippen molar-refractivity contribution in [1.29, 1.82) is 0 Å². The van der Waals surface area contributed by atoms with Gasteiger partial charge in [0.15, 0.2) is 0 Å². The topological polar surface area (TPSA) is 46.6 Å². The third kappa shape index (κ3) is 5.74. The molecule has 36 heavy (non-hydrogen) atoms. The van der Waals surface area contributed by atoms with Gasteiger partial charge in [0.1, 0.15) is 12.4 Å². The molecule has 0 aromatic heterocycles. The maximum atomic E-state index is 12.9. The van der Waals surface area contributed by atoms with Crippen molar-refractivity contribution in [1.82, 2.24) is 4.90 Å². The highest BCUT2D eigenvalue weighted by molar-refractivity contribution is 14.1. The lowest BCUT2D eigenvalue weighted by molar-refractivity contribution is -0.123. The van der Waals surface area contributed by atoms with Gasteiger partial charge in [-0.2, -0.15) is 0 Å². The summed E-state index contributed by atoms with van der Waals surface area (Å²) >= 11 is 11.4. The van der Waals surface area contributed by atoms with Crippen LogP contribution in [0.3, 0.4) is 0 Å². The molecule has 0 bridgehead atoms. The lowest BCUT2D eigenvalue weighted by atomic mass is 10.1. The molecule has 5 rings (SSSR count). The van der Waals surface area contributed by atoms with E-state index in [1.807, 2.05) is 36.4 Å². The number of imide groups is 1. The van der Waals surface area contributed by atoms with Crippen molar-refractivity contribution in [3.63, 3.8) is 0 Å². The number of nitrogens with zero attached hydrogens (tertiary/aromatic N) is 1. The maximum Gasteiger partial charge on any atom is 0.293 e. The summed E-state index contributed by atoms with van der Waals surface area (Å²) in [5.41, 5.74) is 2.79. The monoisotopic (exact) mass is 737 g/mol. The van der Waals surface area contributed by atoms with Crippen LogP contribution in [-0.2, 0) is 17.9 Å². The Bertz CT molecular complexity index is 1500. The normalized spacial score (nSPS) is 14.8. The molecule has 8 heteroatoms. The number of amides is 2. The summed E-state index contributed by atoms with van der Waals surface area (Å²) in [5, 5.41) is 2.72. The van der Waals surface area contributed by atoms with E-state index in [1.54, 1.807) is 18.2 Å². The van der Waals surface area contributed by atoms with Gasteiger partial charge in [0, 0.05) is 5.02 Å². The van der Waals surface area contributed by atoms with Gasteiger partial charge in [-0.15, -0.1) is 0 Å². The quantitative estimate of drug-likeness (QED) is 0.147. The molecule has 1 heterocycles. The van der Waals surface area contributed by atoms with Crippen LogP contribution in [0.25, 0.3) is 16.8 Å². The molecular weight excluding hydrogens is 720 g/mol. The van der Waals surface area contributed by atoms with E-state index in [-0.39, 0.29) is 17.7 Å². The van der Waals surface area contributed by atoms with E-state index < -0.39 is 0 Å². The number of benzene rings is 4. The molecule has 4 nitrogen and oxygen atoms in total. The van der Waals surface area contributed by atoms with Crippen molar-refractivity contribution in [2.24, 2.45) is 0 Å². The lowest BCUT2D eigenvalue weighted by Crippen LogP contribution is -2.27. The number of carbonyl (C=O) groups excluding carboxylic acids is 2. The van der Waals surface area contributed by atoms with Crippen molar-refractivity contribution in [2.45, 2.75) is 13.2 Å². The van der Waals surface area contributed by atoms with E-state index in [1.165, 1.54) is 15.7 Å². The number of hydrogen-bond donors (Lipinski definition) is 0. The van der Waals surface area contributed by atoms with Crippen LogP contribution in [0.15, 0.2) is 83.8 Å². The summed E-state index contributed by atoms with van der Waals surface area (Å²) in [6, 6.07) is 25.6. The predicted octanol–water partition coefficient (Wildman–Crippen LogP) is 8.52. The molecule has 0 unspecified atom stereocenters. The van der Waals surface area contributed by atoms with E-state index in [0.29, 0.717) is 16.5 Å². The number of rotatable bonds is 6. The van der Waals surface area contributed by atoms with Crippen molar-refractivity contribution in [3.8, 4) is 5.75 Å². The minimum Gasteiger partial charge on any atom is -0.487 e. The van der Waals surface area contributed by atoms with Gasteiger partial charge in [0.05, 0.1) is 18.6 Å². The van der Waals surface area contributed by atoms with Crippen LogP contribution in [0.5, 0.6) is 5.75 Å². The second-order valence-electron chi connectivity index (χ2n) is 8.18. The summed E-state index contributed by atoms with van der Waals surface area (Å²) in [7, 11) is 0. The van der Waals surface area contributed by atoms with Gasteiger partial charge in [0.25, 0.3) is 11.1 Å². The third-order valence-corrected chi connectivity index (χ3v) is 8.40. The van der Waals surface area contributed by atoms with Crippen LogP contribution in [-0.4, -0.2) is 16.0 Å². The second-order valence-corrected chi connectivity index (χ2v) is 11.9. The zero-order valence-corrected chi connectivity index (χ0v) is 24.6. The summed E-state index contributed by atoms with van der Waals surface area (Å²) in [6.45, 7) is 0.676. The molecule has 0 atom stereocenters. The minimum atomic E-state index is -0.290. The molecule has 0 N–H and O–H groups in total. The van der Waals surface area contributed by atoms with Crippen molar-refractivity contribution >= 4 is 96.5 Å². The number of fused-ring (bicyclic) bond motifs is 1. The van der Waals surface area contributed by atoms with Crippen molar-refractivity contribution in [2.75, 3.05) is 0 Å². The largest absolute Gasteiger partial charge is 0.487 e. The number of ether oxygens (including phenoxy) is 1. The molecule has 0 spiro atoms. The van der Waals surface area contributed by atoms with Crippen LogP contribution in [0.1, 0.15) is 16.7 Å². The van der Waals surface area contributed by atoms with Crippen LogP contribution in [0.4, 0.5) is 4.79 Å². The van der Waals surface area contributed by atoms with Crippen LogP contribution in [0.2, 0.25) is 5.02 Å². The fraction of sp³-hybridized carbons (Fsp3) is 0.0714. The molecule has 0 radical (unpaired) electrons. The molecular formula is C28H18ClI2NO3S. The summed E-state index contributed by atoms with van der Waals surface area (Å²) in [4.78, 5) is 27.1. The fourth-order valence-corrected chi connectivity index (χ4v) is 6.94. The standard InChI is InChI=1S/C28H18ClI2NO3S/c29-22-9-6-17(7-10-22)15-32-27(33)25(36-28(32)34)14-19-12-23(30)26(24(31)13-19)35-16-18-5-8-20-3-1-2-4-21(20)11-18/h1-14H,15-16H2/b25-14-. The van der Waals surface area contributed by atoms with Gasteiger partial charge in [-0.1, -0.05) is 60.1 Å². The first-order chi connectivity index (χ1) is 17.4. The van der Waals surface area contributed by atoms with Gasteiger partial charge >= 0.3 is 0 Å². The highest BCUT2D eigenvalue weighted by Crippen LogP contribution is 2.36. The predicted molar refractivity (Wildman–Crippen MR) is 163 cm³/mol.